The Morgan fingerprint density at radius 2 is 0.383 bits per heavy atom. The lowest BCUT2D eigenvalue weighted by atomic mass is 9.86. The Labute approximate surface area is 472 Å². The van der Waals surface area contributed by atoms with E-state index in [1.807, 2.05) is 0 Å². The number of rotatable bonds is 10. The molecule has 14 aromatic carbocycles. The Kier molecular flexibility index (Phi) is 11.9. The van der Waals surface area contributed by atoms with Crippen LogP contribution in [0.5, 0.6) is 0 Å². The van der Waals surface area contributed by atoms with Crippen LogP contribution in [0.3, 0.4) is 0 Å². The van der Waals surface area contributed by atoms with E-state index in [0.29, 0.717) is 0 Å². The molecule has 15 rings (SSSR count). The van der Waals surface area contributed by atoms with Crippen LogP contribution in [0.4, 0.5) is 0 Å². The van der Waals surface area contributed by atoms with Crippen molar-refractivity contribution in [3.8, 4) is 111 Å². The molecule has 81 heavy (non-hydrogen) atoms. The second kappa shape index (κ2) is 20.3. The Morgan fingerprint density at radius 3 is 0.679 bits per heavy atom. The topological polar surface area (TPSA) is 13.1 Å². The zero-order valence-corrected chi connectivity index (χ0v) is 44.4. The van der Waals surface area contributed by atoms with Gasteiger partial charge in [-0.2, -0.15) is 0 Å². The van der Waals surface area contributed by atoms with Crippen molar-refractivity contribution in [1.82, 2.24) is 0 Å². The third-order valence-corrected chi connectivity index (χ3v) is 16.2. The number of hydrogen-bond donors (Lipinski definition) is 0. The standard InChI is InChI=1S/C80H52O/c1-7-21-53(22-8-1)59-37-41-61(42-38-59)75-51-73(67-47-63(55-25-11-3-12-26-55)45-64(48-67)56-27-13-4-14-28-56)71-35-19-33-69-70-34-20-36-72-74(68-49-65(57-29-15-5-16-30-57)46-66(50-68)58-31-17-6-18-32-58)52-76(80(78(70)72)81-79(75)77(69)71)62-43-39-60(40-44-62)54-23-9-2-10-24-54/h1-52H. The Balaban J connectivity index is 1.07. The van der Waals surface area contributed by atoms with Gasteiger partial charge in [0, 0.05) is 21.9 Å². The number of benzene rings is 14. The molecule has 1 aromatic heterocycles. The first-order chi connectivity index (χ1) is 40.1. The highest BCUT2D eigenvalue weighted by Gasteiger charge is 2.24. The summed E-state index contributed by atoms with van der Waals surface area (Å²) in [5.74, 6) is 0. The van der Waals surface area contributed by atoms with E-state index in [9.17, 15) is 0 Å². The summed E-state index contributed by atoms with van der Waals surface area (Å²) in [6.45, 7) is 0. The van der Waals surface area contributed by atoms with E-state index in [-0.39, 0.29) is 0 Å². The normalized spacial score (nSPS) is 11.5. The highest BCUT2D eigenvalue weighted by molar-refractivity contribution is 6.29. The maximum absolute atomic E-state index is 8.00. The maximum Gasteiger partial charge on any atom is 0.143 e. The summed E-state index contributed by atoms with van der Waals surface area (Å²) < 4.78 is 8.00. The quantitative estimate of drug-likeness (QED) is 0.133. The highest BCUT2D eigenvalue weighted by atomic mass is 16.3. The summed E-state index contributed by atoms with van der Waals surface area (Å²) >= 11 is 0. The van der Waals surface area contributed by atoms with Crippen LogP contribution in [-0.2, 0) is 0 Å². The molecule has 0 saturated carbocycles. The predicted molar refractivity (Wildman–Crippen MR) is 343 cm³/mol. The predicted octanol–water partition coefficient (Wildman–Crippen LogP) is 22.6. The monoisotopic (exact) mass is 1030 g/mol. The number of fused-ring (bicyclic) bond motifs is 1. The van der Waals surface area contributed by atoms with Gasteiger partial charge in [0.1, 0.15) is 11.2 Å². The van der Waals surface area contributed by atoms with Crippen LogP contribution >= 0.6 is 0 Å². The summed E-state index contributed by atoms with van der Waals surface area (Å²) in [6.07, 6.45) is 0. The lowest BCUT2D eigenvalue weighted by molar-refractivity contribution is 0.666. The first-order valence-electron chi connectivity index (χ1n) is 27.9. The van der Waals surface area contributed by atoms with E-state index < -0.39 is 0 Å². The smallest absolute Gasteiger partial charge is 0.143 e. The molecule has 0 fully saturated rings. The van der Waals surface area contributed by atoms with Crippen molar-refractivity contribution < 1.29 is 4.42 Å². The maximum atomic E-state index is 8.00. The van der Waals surface area contributed by atoms with Gasteiger partial charge in [0.2, 0.25) is 0 Å². The van der Waals surface area contributed by atoms with Crippen LogP contribution in [0.2, 0.25) is 0 Å². The van der Waals surface area contributed by atoms with Gasteiger partial charge in [0.15, 0.2) is 0 Å². The molecule has 0 aliphatic heterocycles. The van der Waals surface area contributed by atoms with Gasteiger partial charge in [0.25, 0.3) is 0 Å². The van der Waals surface area contributed by atoms with Crippen LogP contribution in [-0.4, -0.2) is 0 Å². The molecule has 1 heteroatoms. The fourth-order valence-corrected chi connectivity index (χ4v) is 12.3. The number of hydrogen-bond acceptors (Lipinski definition) is 1. The Hall–Kier alpha value is -10.6. The minimum absolute atomic E-state index is 0.837. The van der Waals surface area contributed by atoms with Crippen LogP contribution < -0.4 is 0 Å². The largest absolute Gasteiger partial charge is 0.455 e. The van der Waals surface area contributed by atoms with Crippen LogP contribution in [0.1, 0.15) is 0 Å². The Bertz CT molecular complexity index is 4350. The molecule has 0 atom stereocenters. The van der Waals surface area contributed by atoms with Crippen molar-refractivity contribution in [2.24, 2.45) is 0 Å². The fraction of sp³-hybridized carbons (Fsp3) is 0. The first kappa shape index (κ1) is 47.6. The van der Waals surface area contributed by atoms with Crippen molar-refractivity contribution in [3.63, 3.8) is 0 Å². The van der Waals surface area contributed by atoms with Gasteiger partial charge in [-0.3, -0.25) is 0 Å². The van der Waals surface area contributed by atoms with E-state index >= 15 is 0 Å². The molecular formula is C80H52O. The molecule has 378 valence electrons. The van der Waals surface area contributed by atoms with Crippen molar-refractivity contribution in [2.45, 2.75) is 0 Å². The lowest BCUT2D eigenvalue weighted by Crippen LogP contribution is -1.91. The van der Waals surface area contributed by atoms with Crippen molar-refractivity contribution in [2.75, 3.05) is 0 Å². The van der Waals surface area contributed by atoms with E-state index in [2.05, 4.69) is 315 Å². The highest BCUT2D eigenvalue weighted by Crippen LogP contribution is 2.50. The molecule has 1 nitrogen and oxygen atoms in total. The van der Waals surface area contributed by atoms with E-state index in [0.717, 1.165) is 121 Å². The fourth-order valence-electron chi connectivity index (χ4n) is 12.3. The van der Waals surface area contributed by atoms with Crippen molar-refractivity contribution in [3.05, 3.63) is 315 Å². The molecule has 0 aliphatic carbocycles. The molecule has 0 radical (unpaired) electrons. The third kappa shape index (κ3) is 8.79. The summed E-state index contributed by atoms with van der Waals surface area (Å²) in [4.78, 5) is 0. The molecule has 1 heterocycles. The summed E-state index contributed by atoms with van der Waals surface area (Å²) in [5, 5.41) is 6.66. The van der Waals surface area contributed by atoms with Crippen LogP contribution in [0.15, 0.2) is 320 Å². The zero-order valence-electron chi connectivity index (χ0n) is 44.4. The molecule has 0 amide bonds. The van der Waals surface area contributed by atoms with Gasteiger partial charge in [-0.15, -0.1) is 0 Å². The van der Waals surface area contributed by atoms with Gasteiger partial charge in [-0.1, -0.05) is 267 Å². The van der Waals surface area contributed by atoms with E-state index in [4.69, 9.17) is 4.42 Å². The minimum atomic E-state index is 0.837. The Morgan fingerprint density at radius 1 is 0.148 bits per heavy atom. The molecule has 0 aliphatic rings. The zero-order chi connectivity index (χ0) is 53.6. The first-order valence-corrected chi connectivity index (χ1v) is 27.9. The summed E-state index contributed by atoms with van der Waals surface area (Å²) in [7, 11) is 0. The average Bonchev–Trinajstić information content (AvgIpc) is 4.01. The van der Waals surface area contributed by atoms with Crippen LogP contribution in [0, 0.1) is 0 Å². The average molecular weight is 1030 g/mol. The second-order valence-corrected chi connectivity index (χ2v) is 21.1. The molecule has 0 saturated heterocycles. The summed E-state index contributed by atoms with van der Waals surface area (Å²) in [6, 6.07) is 115. The van der Waals surface area contributed by atoms with Crippen LogP contribution in [0.25, 0.3) is 155 Å². The van der Waals surface area contributed by atoms with E-state index in [1.165, 1.54) is 33.4 Å². The van der Waals surface area contributed by atoms with Crippen molar-refractivity contribution in [1.29, 1.82) is 0 Å². The molecule has 0 spiro atoms. The minimum Gasteiger partial charge on any atom is -0.455 e. The lowest BCUT2D eigenvalue weighted by Gasteiger charge is -2.17. The van der Waals surface area contributed by atoms with Gasteiger partial charge in [-0.25, -0.2) is 0 Å². The molecule has 0 unspecified atom stereocenters. The second-order valence-electron chi connectivity index (χ2n) is 21.1. The molecular weight excluding hydrogens is 977 g/mol. The third-order valence-electron chi connectivity index (χ3n) is 16.2. The SMILES string of the molecule is c1ccc(-c2ccc(-c3cc(-c4cc(-c5ccccc5)cc(-c5ccccc5)c4)c4cccc5c6cccc7c(-c8cc(-c9ccccc9)cc(-c9ccccc9)c8)cc(-c8ccc(-c9ccccc9)cc8)c(oc3c45)c76)cc2)cc1. The molecule has 0 N–H and O–H groups in total. The van der Waals surface area contributed by atoms with Crippen molar-refractivity contribution >= 4 is 43.5 Å². The van der Waals surface area contributed by atoms with Gasteiger partial charge < -0.3 is 4.42 Å². The summed E-state index contributed by atoms with van der Waals surface area (Å²) in [5.41, 5.74) is 24.4. The van der Waals surface area contributed by atoms with Gasteiger partial charge in [-0.05, 0) is 170 Å². The van der Waals surface area contributed by atoms with Gasteiger partial charge >= 0.3 is 0 Å². The van der Waals surface area contributed by atoms with Gasteiger partial charge in [0.05, 0.1) is 0 Å². The molecule has 15 aromatic rings. The molecule has 0 bridgehead atoms. The van der Waals surface area contributed by atoms with E-state index in [1.54, 1.807) is 0 Å².